The Labute approximate surface area is 283 Å². The number of ether oxygens (including phenoxy) is 3. The van der Waals surface area contributed by atoms with Crippen LogP contribution in [0.4, 0.5) is 5.69 Å². The van der Waals surface area contributed by atoms with Crippen molar-refractivity contribution < 1.29 is 23.8 Å². The van der Waals surface area contributed by atoms with Crippen molar-refractivity contribution in [1.82, 2.24) is 0 Å². The largest absolute Gasteiger partial charge is 0.462 e. The van der Waals surface area contributed by atoms with E-state index in [-0.39, 0.29) is 11.1 Å². The number of nitrogens with zero attached hydrogens (tertiary/aromatic N) is 1. The van der Waals surface area contributed by atoms with Crippen LogP contribution in [-0.4, -0.2) is 36.2 Å². The number of hydrogen-bond donors (Lipinski definition) is 1. The smallest absolute Gasteiger partial charge is 0.338 e. The first kappa shape index (κ1) is 33.3. The Kier molecular flexibility index (Phi) is 8.84. The number of rotatable bonds is 9. The number of anilines is 1. The second-order valence-electron chi connectivity index (χ2n) is 14.2. The summed E-state index contributed by atoms with van der Waals surface area (Å²) in [5, 5.41) is 5.35. The summed E-state index contributed by atoms with van der Waals surface area (Å²) < 4.78 is 18.0. The first-order valence-corrected chi connectivity index (χ1v) is 17.1. The third kappa shape index (κ3) is 6.43. The summed E-state index contributed by atoms with van der Waals surface area (Å²) in [4.78, 5) is 32.0. The molecule has 1 N–H and O–H groups in total. The molecule has 0 amide bonds. The van der Waals surface area contributed by atoms with Crippen molar-refractivity contribution >= 4 is 34.3 Å². The van der Waals surface area contributed by atoms with E-state index in [2.05, 4.69) is 84.1 Å². The van der Waals surface area contributed by atoms with Crippen molar-refractivity contribution in [2.24, 2.45) is 4.99 Å². The van der Waals surface area contributed by atoms with Gasteiger partial charge in [-0.1, -0.05) is 44.9 Å². The molecule has 250 valence electrons. The van der Waals surface area contributed by atoms with Gasteiger partial charge in [0.05, 0.1) is 40.8 Å². The highest BCUT2D eigenvalue weighted by Gasteiger charge is 2.31. The van der Waals surface area contributed by atoms with Gasteiger partial charge in [0.2, 0.25) is 0 Å². The average Bonchev–Trinajstić information content (AvgIpc) is 3.01. The monoisotopic (exact) mass is 646 g/mol. The van der Waals surface area contributed by atoms with Gasteiger partial charge in [0.1, 0.15) is 11.5 Å². The number of carbonyl (C=O) groups excluding carboxylic acids is 2. The summed E-state index contributed by atoms with van der Waals surface area (Å²) in [5.41, 5.74) is 7.72. The van der Waals surface area contributed by atoms with Gasteiger partial charge in [-0.15, -0.1) is 0 Å². The molecule has 0 saturated carbocycles. The number of fused-ring (bicyclic) bond motifs is 4. The molecule has 0 radical (unpaired) electrons. The Balaban J connectivity index is 1.64. The summed E-state index contributed by atoms with van der Waals surface area (Å²) in [7, 11) is 0. The Morgan fingerprint density at radius 1 is 0.771 bits per heavy atom. The van der Waals surface area contributed by atoms with Crippen molar-refractivity contribution in [3.63, 3.8) is 0 Å². The molecule has 7 heteroatoms. The van der Waals surface area contributed by atoms with Gasteiger partial charge in [-0.3, -0.25) is 4.99 Å². The van der Waals surface area contributed by atoms with Gasteiger partial charge < -0.3 is 19.5 Å². The lowest BCUT2D eigenvalue weighted by Crippen LogP contribution is -2.32. The molecule has 7 nitrogen and oxygen atoms in total. The SMILES string of the molecule is CCCCOC(=O)c1ccc(C2=c3cc4c(cc3Oc3cc5c(cc32)C(C)=CC(C)(C)N5)=NC(C)(C)C=C4C)c(C(=O)OCCCC)c1. The van der Waals surface area contributed by atoms with E-state index in [0.717, 1.165) is 75.4 Å². The Hall–Kier alpha value is -4.65. The van der Waals surface area contributed by atoms with Crippen molar-refractivity contribution in [2.45, 2.75) is 92.2 Å². The molecular formula is C41H46N2O5. The van der Waals surface area contributed by atoms with Gasteiger partial charge in [-0.2, -0.15) is 0 Å². The maximum atomic E-state index is 13.9. The molecule has 3 heterocycles. The van der Waals surface area contributed by atoms with E-state index in [4.69, 9.17) is 19.2 Å². The third-order valence-electron chi connectivity index (χ3n) is 9.05. The van der Waals surface area contributed by atoms with Crippen molar-refractivity contribution in [1.29, 1.82) is 0 Å². The van der Waals surface area contributed by atoms with Crippen LogP contribution < -0.4 is 20.6 Å². The number of carbonyl (C=O) groups is 2. The number of hydrogen-bond acceptors (Lipinski definition) is 7. The van der Waals surface area contributed by atoms with E-state index in [9.17, 15) is 9.59 Å². The lowest BCUT2D eigenvalue weighted by molar-refractivity contribution is 0.0498. The normalized spacial score (nSPS) is 16.4. The Bertz CT molecular complexity index is 2010. The van der Waals surface area contributed by atoms with Crippen molar-refractivity contribution in [3.05, 3.63) is 98.6 Å². The molecule has 6 rings (SSSR count). The van der Waals surface area contributed by atoms with Crippen molar-refractivity contribution in [2.75, 3.05) is 18.5 Å². The Morgan fingerprint density at radius 2 is 1.46 bits per heavy atom. The summed E-state index contributed by atoms with van der Waals surface area (Å²) in [5.74, 6) is 0.385. The van der Waals surface area contributed by atoms with Crippen LogP contribution in [0.25, 0.3) is 16.7 Å². The zero-order valence-electron chi connectivity index (χ0n) is 29.4. The first-order valence-electron chi connectivity index (χ1n) is 17.1. The highest BCUT2D eigenvalue weighted by atomic mass is 16.5. The van der Waals surface area contributed by atoms with Crippen LogP contribution in [0.2, 0.25) is 0 Å². The summed E-state index contributed by atoms with van der Waals surface area (Å²) in [6.45, 7) is 17.4. The minimum absolute atomic E-state index is 0.227. The van der Waals surface area contributed by atoms with E-state index >= 15 is 0 Å². The topological polar surface area (TPSA) is 86.2 Å². The molecule has 3 aliphatic rings. The fourth-order valence-electron chi connectivity index (χ4n) is 6.89. The zero-order chi connectivity index (χ0) is 34.4. The first-order chi connectivity index (χ1) is 22.8. The molecule has 0 fully saturated rings. The van der Waals surface area contributed by atoms with Crippen LogP contribution >= 0.6 is 0 Å². The van der Waals surface area contributed by atoms with Gasteiger partial charge >= 0.3 is 11.9 Å². The molecule has 0 aliphatic carbocycles. The molecule has 0 spiro atoms. The van der Waals surface area contributed by atoms with Crippen LogP contribution in [0.15, 0.2) is 59.6 Å². The number of unbranched alkanes of at least 4 members (excludes halogenated alkanes) is 2. The van der Waals surface area contributed by atoms with E-state index < -0.39 is 11.9 Å². The maximum absolute atomic E-state index is 13.9. The third-order valence-corrected chi connectivity index (χ3v) is 9.05. The fourth-order valence-corrected chi connectivity index (χ4v) is 6.89. The molecular weight excluding hydrogens is 600 g/mol. The predicted molar refractivity (Wildman–Crippen MR) is 191 cm³/mol. The van der Waals surface area contributed by atoms with E-state index in [0.29, 0.717) is 41.4 Å². The number of benzene rings is 3. The zero-order valence-corrected chi connectivity index (χ0v) is 29.4. The van der Waals surface area contributed by atoms with Gasteiger partial charge in [-0.25, -0.2) is 9.59 Å². The maximum Gasteiger partial charge on any atom is 0.338 e. The molecule has 3 aromatic carbocycles. The minimum atomic E-state index is -0.480. The highest BCUT2D eigenvalue weighted by molar-refractivity contribution is 6.02. The van der Waals surface area contributed by atoms with E-state index in [1.807, 2.05) is 19.1 Å². The summed E-state index contributed by atoms with van der Waals surface area (Å²) in [6, 6.07) is 13.5. The second-order valence-corrected chi connectivity index (χ2v) is 14.2. The van der Waals surface area contributed by atoms with Crippen LogP contribution in [0, 0.1) is 0 Å². The highest BCUT2D eigenvalue weighted by Crippen LogP contribution is 2.44. The van der Waals surface area contributed by atoms with E-state index in [1.54, 1.807) is 12.1 Å². The average molecular weight is 647 g/mol. The number of nitrogens with one attached hydrogen (secondary N) is 1. The molecule has 48 heavy (non-hydrogen) atoms. The number of esters is 2. The van der Waals surface area contributed by atoms with Gasteiger partial charge in [0.25, 0.3) is 0 Å². The number of allylic oxidation sites excluding steroid dienone is 2. The molecule has 0 bridgehead atoms. The van der Waals surface area contributed by atoms with E-state index in [1.165, 1.54) is 0 Å². The molecule has 0 saturated heterocycles. The van der Waals surface area contributed by atoms with Crippen LogP contribution in [-0.2, 0) is 9.47 Å². The van der Waals surface area contributed by atoms with Crippen LogP contribution in [0.1, 0.15) is 124 Å². The quantitative estimate of drug-likeness (QED) is 0.145. The minimum Gasteiger partial charge on any atom is -0.462 e. The molecule has 0 aromatic heterocycles. The van der Waals surface area contributed by atoms with Gasteiger partial charge in [0, 0.05) is 45.3 Å². The van der Waals surface area contributed by atoms with Gasteiger partial charge in [-0.05, 0) is 95.4 Å². The predicted octanol–water partition coefficient (Wildman–Crippen LogP) is 8.38. The molecule has 0 atom stereocenters. The van der Waals surface area contributed by atoms with Crippen LogP contribution in [0.5, 0.6) is 11.5 Å². The lowest BCUT2D eigenvalue weighted by atomic mass is 9.84. The fraction of sp³-hybridized carbons (Fsp3) is 0.390. The van der Waals surface area contributed by atoms with Crippen LogP contribution in [0.3, 0.4) is 0 Å². The second kappa shape index (κ2) is 12.8. The van der Waals surface area contributed by atoms with Gasteiger partial charge in [0.15, 0.2) is 0 Å². The molecule has 0 unspecified atom stereocenters. The standard InChI is InChI=1S/C41H46N2O5/c1-9-11-15-46-38(44)26-13-14-27(30(17-26)39(45)47-16-12-10-2)37-31-18-28-24(3)22-40(5,6)42-33(28)20-35(31)48-36-21-34-29(19-32(36)37)25(4)23-41(7,8)43-34/h13-14,17-23,42H,9-12,15-16H2,1-8H3. The molecule has 3 aliphatic heterocycles. The van der Waals surface area contributed by atoms with Crippen molar-refractivity contribution in [3.8, 4) is 11.5 Å². The Morgan fingerprint density at radius 3 is 2.17 bits per heavy atom. The lowest BCUT2D eigenvalue weighted by Gasteiger charge is -2.33. The summed E-state index contributed by atoms with van der Waals surface area (Å²) in [6.07, 6.45) is 7.72. The molecule has 3 aromatic rings. The summed E-state index contributed by atoms with van der Waals surface area (Å²) >= 11 is 0.